The van der Waals surface area contributed by atoms with E-state index in [0.29, 0.717) is 6.04 Å². The van der Waals surface area contributed by atoms with Crippen molar-refractivity contribution in [1.82, 2.24) is 9.78 Å². The second kappa shape index (κ2) is 5.55. The molecule has 0 aliphatic carbocycles. The molecule has 0 saturated carbocycles. The second-order valence-electron chi connectivity index (χ2n) is 4.80. The van der Waals surface area contributed by atoms with Gasteiger partial charge in [0.15, 0.2) is 0 Å². The second-order valence-corrected chi connectivity index (χ2v) is 7.20. The van der Waals surface area contributed by atoms with Crippen LogP contribution in [0.25, 0.3) is 0 Å². The Morgan fingerprint density at radius 3 is 2.72 bits per heavy atom. The Hall–Kier alpha value is -0.650. The Morgan fingerprint density at radius 1 is 1.50 bits per heavy atom. The van der Waals surface area contributed by atoms with Gasteiger partial charge in [0.25, 0.3) is 0 Å². The molecule has 0 radical (unpaired) electrons. The molecule has 2 N–H and O–H groups in total. The van der Waals surface area contributed by atoms with E-state index in [-0.39, 0.29) is 6.04 Å². The average Bonchev–Trinajstić information content (AvgIpc) is 2.87. The molecule has 98 valence electrons. The van der Waals surface area contributed by atoms with E-state index in [9.17, 15) is 0 Å². The summed E-state index contributed by atoms with van der Waals surface area (Å²) in [5.74, 6) is 0. The first-order valence-electron chi connectivity index (χ1n) is 6.03. The Morgan fingerprint density at radius 2 is 2.22 bits per heavy atom. The van der Waals surface area contributed by atoms with Crippen LogP contribution in [0, 0.1) is 6.92 Å². The Bertz CT molecular complexity index is 511. The van der Waals surface area contributed by atoms with Crippen molar-refractivity contribution < 1.29 is 0 Å². The van der Waals surface area contributed by atoms with Gasteiger partial charge >= 0.3 is 0 Å². The smallest absolute Gasteiger partial charge is 0.0731 e. The van der Waals surface area contributed by atoms with Crippen LogP contribution in [0.5, 0.6) is 0 Å². The van der Waals surface area contributed by atoms with Crippen LogP contribution in [0.4, 0.5) is 0 Å². The van der Waals surface area contributed by atoms with E-state index in [1.165, 1.54) is 14.2 Å². The highest BCUT2D eigenvalue weighted by Gasteiger charge is 2.13. The molecule has 0 aliphatic heterocycles. The first-order valence-corrected chi connectivity index (χ1v) is 7.63. The molecular formula is C13H18BrN3S. The summed E-state index contributed by atoms with van der Waals surface area (Å²) >= 11 is 5.25. The minimum absolute atomic E-state index is 0.0236. The fourth-order valence-corrected chi connectivity index (χ4v) is 3.34. The number of thiophene rings is 1. The van der Waals surface area contributed by atoms with Crippen molar-refractivity contribution in [3.8, 4) is 0 Å². The van der Waals surface area contributed by atoms with Crippen molar-refractivity contribution in [3.63, 3.8) is 0 Å². The lowest BCUT2D eigenvalue weighted by atomic mass is 10.1. The number of aromatic nitrogens is 2. The van der Waals surface area contributed by atoms with E-state index >= 15 is 0 Å². The minimum Gasteiger partial charge on any atom is -0.323 e. The minimum atomic E-state index is 0.0236. The predicted octanol–water partition coefficient (Wildman–Crippen LogP) is 3.84. The van der Waals surface area contributed by atoms with Gasteiger partial charge in [-0.15, -0.1) is 11.3 Å². The number of nitrogens with two attached hydrogens (primary N) is 1. The lowest BCUT2D eigenvalue weighted by Gasteiger charge is -2.08. The summed E-state index contributed by atoms with van der Waals surface area (Å²) in [7, 11) is 0. The average molecular weight is 328 g/mol. The largest absolute Gasteiger partial charge is 0.323 e. The number of nitrogens with zero attached hydrogens (tertiary/aromatic N) is 2. The standard InChI is InChI=1S/C13H18BrN3S/c1-8(2)17-5-4-10(16-17)7-11(15)12-6-9(3)13(14)18-12/h4-6,8,11H,7,15H2,1-3H3. The van der Waals surface area contributed by atoms with Gasteiger partial charge in [0.1, 0.15) is 0 Å². The van der Waals surface area contributed by atoms with Crippen molar-refractivity contribution in [2.24, 2.45) is 5.73 Å². The van der Waals surface area contributed by atoms with Crippen LogP contribution in [0.1, 0.15) is 42.1 Å². The van der Waals surface area contributed by atoms with Crippen molar-refractivity contribution >= 4 is 27.3 Å². The van der Waals surface area contributed by atoms with Gasteiger partial charge in [-0.1, -0.05) is 0 Å². The Balaban J connectivity index is 2.08. The van der Waals surface area contributed by atoms with Crippen LogP contribution in [-0.2, 0) is 6.42 Å². The first-order chi connectivity index (χ1) is 8.47. The summed E-state index contributed by atoms with van der Waals surface area (Å²) in [6.07, 6.45) is 2.80. The molecule has 18 heavy (non-hydrogen) atoms. The van der Waals surface area contributed by atoms with Crippen LogP contribution < -0.4 is 5.73 Å². The monoisotopic (exact) mass is 327 g/mol. The van der Waals surface area contributed by atoms with E-state index in [2.05, 4.69) is 53.9 Å². The Kier molecular flexibility index (Phi) is 4.25. The third-order valence-electron chi connectivity index (χ3n) is 2.86. The predicted molar refractivity (Wildman–Crippen MR) is 80.0 cm³/mol. The van der Waals surface area contributed by atoms with Gasteiger partial charge < -0.3 is 5.73 Å². The molecule has 0 saturated heterocycles. The van der Waals surface area contributed by atoms with Gasteiger partial charge in [0.2, 0.25) is 0 Å². The lowest BCUT2D eigenvalue weighted by molar-refractivity contribution is 0.523. The third-order valence-corrected chi connectivity index (χ3v) is 5.13. The maximum absolute atomic E-state index is 6.23. The maximum Gasteiger partial charge on any atom is 0.0731 e. The topological polar surface area (TPSA) is 43.8 Å². The number of hydrogen-bond donors (Lipinski definition) is 1. The van der Waals surface area contributed by atoms with Crippen LogP contribution >= 0.6 is 27.3 Å². The molecule has 0 aromatic carbocycles. The molecule has 0 aliphatic rings. The van der Waals surface area contributed by atoms with Gasteiger partial charge in [0.05, 0.1) is 9.48 Å². The highest BCUT2D eigenvalue weighted by molar-refractivity contribution is 9.11. The molecular weight excluding hydrogens is 310 g/mol. The zero-order valence-corrected chi connectivity index (χ0v) is 13.3. The fourth-order valence-electron chi connectivity index (χ4n) is 1.77. The van der Waals surface area contributed by atoms with E-state index in [1.54, 1.807) is 11.3 Å². The zero-order valence-electron chi connectivity index (χ0n) is 10.9. The molecule has 2 rings (SSSR count). The fraction of sp³-hybridized carbons (Fsp3) is 0.462. The zero-order chi connectivity index (χ0) is 13.3. The van der Waals surface area contributed by atoms with E-state index < -0.39 is 0 Å². The molecule has 0 fully saturated rings. The quantitative estimate of drug-likeness (QED) is 0.927. The summed E-state index contributed by atoms with van der Waals surface area (Å²) in [6.45, 7) is 6.33. The molecule has 3 nitrogen and oxygen atoms in total. The highest BCUT2D eigenvalue weighted by atomic mass is 79.9. The molecule has 0 spiro atoms. The van der Waals surface area contributed by atoms with Crippen molar-refractivity contribution in [2.45, 2.75) is 39.3 Å². The van der Waals surface area contributed by atoms with Crippen molar-refractivity contribution in [1.29, 1.82) is 0 Å². The van der Waals surface area contributed by atoms with Crippen LogP contribution in [0.2, 0.25) is 0 Å². The number of rotatable bonds is 4. The lowest BCUT2D eigenvalue weighted by Crippen LogP contribution is -2.12. The molecule has 1 atom stereocenters. The summed E-state index contributed by atoms with van der Waals surface area (Å²) in [5.41, 5.74) is 8.54. The van der Waals surface area contributed by atoms with Crippen molar-refractivity contribution in [3.05, 3.63) is 38.3 Å². The number of halogens is 1. The van der Waals surface area contributed by atoms with Crippen LogP contribution in [0.3, 0.4) is 0 Å². The van der Waals surface area contributed by atoms with E-state index in [4.69, 9.17) is 5.73 Å². The van der Waals surface area contributed by atoms with E-state index in [0.717, 1.165) is 12.1 Å². The molecule has 2 aromatic rings. The van der Waals surface area contributed by atoms with E-state index in [1.807, 2.05) is 10.9 Å². The molecule has 5 heteroatoms. The maximum atomic E-state index is 6.23. The summed E-state index contributed by atoms with van der Waals surface area (Å²) < 4.78 is 3.14. The molecule has 0 bridgehead atoms. The normalized spacial score (nSPS) is 13.2. The van der Waals surface area contributed by atoms with Gasteiger partial charge in [-0.05, 0) is 54.4 Å². The molecule has 0 amide bonds. The number of aryl methyl sites for hydroxylation is 1. The molecule has 1 unspecified atom stereocenters. The van der Waals surface area contributed by atoms with Crippen LogP contribution in [0.15, 0.2) is 22.1 Å². The Labute approximate surface area is 120 Å². The highest BCUT2D eigenvalue weighted by Crippen LogP contribution is 2.31. The first kappa shape index (κ1) is 13.8. The summed E-state index contributed by atoms with van der Waals surface area (Å²) in [6, 6.07) is 4.62. The molecule has 2 heterocycles. The third kappa shape index (κ3) is 3.02. The van der Waals surface area contributed by atoms with Gasteiger partial charge in [-0.3, -0.25) is 4.68 Å². The van der Waals surface area contributed by atoms with Crippen molar-refractivity contribution in [2.75, 3.05) is 0 Å². The summed E-state index contributed by atoms with van der Waals surface area (Å²) in [4.78, 5) is 1.21. The van der Waals surface area contributed by atoms with Gasteiger partial charge in [-0.25, -0.2) is 0 Å². The summed E-state index contributed by atoms with van der Waals surface area (Å²) in [5, 5.41) is 4.53. The van der Waals surface area contributed by atoms with Crippen LogP contribution in [-0.4, -0.2) is 9.78 Å². The van der Waals surface area contributed by atoms with Gasteiger partial charge in [0, 0.05) is 29.6 Å². The van der Waals surface area contributed by atoms with Gasteiger partial charge in [-0.2, -0.15) is 5.10 Å². The SMILES string of the molecule is Cc1cc(C(N)Cc2ccn(C(C)C)n2)sc1Br. The number of hydrogen-bond acceptors (Lipinski definition) is 3. The molecule has 2 aromatic heterocycles.